The van der Waals surface area contributed by atoms with Crippen molar-refractivity contribution in [3.05, 3.63) is 29.8 Å². The van der Waals surface area contributed by atoms with Crippen LogP contribution in [0.2, 0.25) is 0 Å². The van der Waals surface area contributed by atoms with Gasteiger partial charge < -0.3 is 15.3 Å². The second kappa shape index (κ2) is 5.64. The molecule has 90 valence electrons. The van der Waals surface area contributed by atoms with Gasteiger partial charge in [-0.25, -0.2) is 9.59 Å². The number of benzene rings is 1. The van der Waals surface area contributed by atoms with Crippen molar-refractivity contribution in [2.45, 2.75) is 12.5 Å². The number of carbonyl (C=O) groups is 2. The van der Waals surface area contributed by atoms with Crippen LogP contribution in [0.1, 0.15) is 5.56 Å². The Morgan fingerprint density at radius 2 is 1.82 bits per heavy atom. The molecule has 3 N–H and O–H groups in total. The molecule has 0 aromatic heterocycles. The summed E-state index contributed by atoms with van der Waals surface area (Å²) < 4.78 is 0. The summed E-state index contributed by atoms with van der Waals surface area (Å²) in [5, 5.41) is 26.3. The molecule has 1 atom stereocenters. The maximum absolute atomic E-state index is 10.8. The van der Waals surface area contributed by atoms with Gasteiger partial charge in [-0.05, 0) is 17.7 Å². The van der Waals surface area contributed by atoms with Crippen LogP contribution in [0.4, 0.5) is 0 Å². The number of carboxylic acids is 2. The van der Waals surface area contributed by atoms with Gasteiger partial charge in [0.15, 0.2) is 6.04 Å². The number of aliphatic imine (C=N–C) groups is 1. The summed E-state index contributed by atoms with van der Waals surface area (Å²) in [5.41, 5.74) is 0.651. The summed E-state index contributed by atoms with van der Waals surface area (Å²) in [4.78, 5) is 24.5. The van der Waals surface area contributed by atoms with E-state index in [4.69, 9.17) is 15.3 Å². The Morgan fingerprint density at radius 1 is 1.24 bits per heavy atom. The molecule has 6 heteroatoms. The first kappa shape index (κ1) is 12.7. The van der Waals surface area contributed by atoms with Gasteiger partial charge in [-0.2, -0.15) is 0 Å². The molecule has 0 heterocycles. The molecule has 0 aliphatic rings. The van der Waals surface area contributed by atoms with Crippen LogP contribution < -0.4 is 0 Å². The SMILES string of the molecule is O=C(O)C=N[C@@H](Cc1ccc(O)cc1)C(=O)O. The van der Waals surface area contributed by atoms with E-state index in [-0.39, 0.29) is 12.2 Å². The van der Waals surface area contributed by atoms with Gasteiger partial charge in [0.1, 0.15) is 12.0 Å². The third-order valence-corrected chi connectivity index (χ3v) is 2.02. The van der Waals surface area contributed by atoms with E-state index in [1.165, 1.54) is 12.1 Å². The minimum Gasteiger partial charge on any atom is -0.508 e. The fourth-order valence-electron chi connectivity index (χ4n) is 1.21. The first-order valence-electron chi connectivity index (χ1n) is 4.76. The van der Waals surface area contributed by atoms with Gasteiger partial charge >= 0.3 is 11.9 Å². The number of hydrogen-bond acceptors (Lipinski definition) is 4. The zero-order valence-corrected chi connectivity index (χ0v) is 8.78. The van der Waals surface area contributed by atoms with Crippen LogP contribution in [0.15, 0.2) is 29.3 Å². The fraction of sp³-hybridized carbons (Fsp3) is 0.182. The van der Waals surface area contributed by atoms with E-state index in [1.807, 2.05) is 0 Å². The zero-order chi connectivity index (χ0) is 12.8. The summed E-state index contributed by atoms with van der Waals surface area (Å²) in [5.74, 6) is -2.41. The van der Waals surface area contributed by atoms with E-state index in [0.717, 1.165) is 0 Å². The molecule has 0 saturated heterocycles. The number of aromatic hydroxyl groups is 1. The molecule has 0 aliphatic carbocycles. The van der Waals surface area contributed by atoms with Crippen LogP contribution in [0.3, 0.4) is 0 Å². The Hall–Kier alpha value is -2.37. The highest BCUT2D eigenvalue weighted by molar-refractivity contribution is 6.22. The van der Waals surface area contributed by atoms with Gasteiger partial charge in [-0.3, -0.25) is 4.99 Å². The molecule has 1 rings (SSSR count). The van der Waals surface area contributed by atoms with Crippen LogP contribution >= 0.6 is 0 Å². The predicted molar refractivity (Wildman–Crippen MR) is 59.4 cm³/mol. The second-order valence-corrected chi connectivity index (χ2v) is 3.34. The molecule has 0 fully saturated rings. The predicted octanol–water partition coefficient (Wildman–Crippen LogP) is 0.543. The summed E-state index contributed by atoms with van der Waals surface area (Å²) in [7, 11) is 0. The van der Waals surface area contributed by atoms with E-state index in [2.05, 4.69) is 4.99 Å². The summed E-state index contributed by atoms with van der Waals surface area (Å²) >= 11 is 0. The molecule has 0 spiro atoms. The molecule has 17 heavy (non-hydrogen) atoms. The van der Waals surface area contributed by atoms with Gasteiger partial charge in [0.2, 0.25) is 0 Å². The standard InChI is InChI=1S/C11H11NO5/c13-8-3-1-7(2-4-8)5-9(11(16)17)12-6-10(14)15/h1-4,6,9,13H,5H2,(H,14,15)(H,16,17)/t9-/m0/s1. The first-order valence-corrected chi connectivity index (χ1v) is 4.76. The molecular weight excluding hydrogens is 226 g/mol. The molecule has 6 nitrogen and oxygen atoms in total. The van der Waals surface area contributed by atoms with Crippen molar-refractivity contribution in [2.24, 2.45) is 4.99 Å². The normalized spacial score (nSPS) is 12.5. The van der Waals surface area contributed by atoms with Crippen molar-refractivity contribution in [1.82, 2.24) is 0 Å². The second-order valence-electron chi connectivity index (χ2n) is 3.34. The monoisotopic (exact) mass is 237 g/mol. The summed E-state index contributed by atoms with van der Waals surface area (Å²) in [6, 6.07) is 4.82. The maximum atomic E-state index is 10.8. The summed E-state index contributed by atoms with van der Waals surface area (Å²) in [6.45, 7) is 0. The van der Waals surface area contributed by atoms with E-state index in [9.17, 15) is 9.59 Å². The maximum Gasteiger partial charge on any atom is 0.346 e. The number of nitrogens with zero attached hydrogens (tertiary/aromatic N) is 1. The number of rotatable bonds is 5. The van der Waals surface area contributed by atoms with Gasteiger partial charge in [0, 0.05) is 6.42 Å². The highest BCUT2D eigenvalue weighted by Crippen LogP contribution is 2.12. The van der Waals surface area contributed by atoms with Crippen LogP contribution in [-0.2, 0) is 16.0 Å². The first-order chi connectivity index (χ1) is 7.99. The molecule has 0 amide bonds. The van der Waals surface area contributed by atoms with E-state index < -0.39 is 18.0 Å². The molecular formula is C11H11NO5. The number of aliphatic carboxylic acids is 2. The lowest BCUT2D eigenvalue weighted by Gasteiger charge is -2.06. The average molecular weight is 237 g/mol. The van der Waals surface area contributed by atoms with Gasteiger partial charge in [-0.15, -0.1) is 0 Å². The van der Waals surface area contributed by atoms with Crippen LogP contribution in [-0.4, -0.2) is 39.5 Å². The Balaban J connectivity index is 2.76. The third kappa shape index (κ3) is 4.33. The Kier molecular flexibility index (Phi) is 4.21. The van der Waals surface area contributed by atoms with E-state index in [0.29, 0.717) is 11.8 Å². The third-order valence-electron chi connectivity index (χ3n) is 2.02. The molecule has 1 aromatic rings. The van der Waals surface area contributed by atoms with E-state index >= 15 is 0 Å². The van der Waals surface area contributed by atoms with Crippen LogP contribution in [0.5, 0.6) is 5.75 Å². The van der Waals surface area contributed by atoms with Gasteiger partial charge in [-0.1, -0.05) is 12.1 Å². The number of phenolic OH excluding ortho intramolecular Hbond substituents is 1. The smallest absolute Gasteiger partial charge is 0.346 e. The lowest BCUT2D eigenvalue weighted by atomic mass is 10.1. The van der Waals surface area contributed by atoms with Gasteiger partial charge in [0.05, 0.1) is 0 Å². The quantitative estimate of drug-likeness (QED) is 0.648. The Morgan fingerprint density at radius 3 is 2.29 bits per heavy atom. The number of phenols is 1. The lowest BCUT2D eigenvalue weighted by Crippen LogP contribution is -2.21. The summed E-state index contributed by atoms with van der Waals surface area (Å²) in [6.07, 6.45) is 0.637. The van der Waals surface area contributed by atoms with Crippen molar-refractivity contribution in [1.29, 1.82) is 0 Å². The number of hydrogen-bond donors (Lipinski definition) is 3. The van der Waals surface area contributed by atoms with Crippen molar-refractivity contribution < 1.29 is 24.9 Å². The van der Waals surface area contributed by atoms with Gasteiger partial charge in [0.25, 0.3) is 0 Å². The fourth-order valence-corrected chi connectivity index (χ4v) is 1.21. The van der Waals surface area contributed by atoms with Crippen LogP contribution in [0.25, 0.3) is 0 Å². The zero-order valence-electron chi connectivity index (χ0n) is 8.78. The number of carboxylic acid groups (broad SMARTS) is 2. The van der Waals surface area contributed by atoms with Crippen molar-refractivity contribution in [3.63, 3.8) is 0 Å². The Labute approximate surface area is 96.9 Å². The van der Waals surface area contributed by atoms with E-state index in [1.54, 1.807) is 12.1 Å². The average Bonchev–Trinajstić information content (AvgIpc) is 2.26. The molecule has 1 aromatic carbocycles. The Bertz CT molecular complexity index is 438. The molecule has 0 aliphatic heterocycles. The molecule has 0 unspecified atom stereocenters. The topological polar surface area (TPSA) is 107 Å². The minimum absolute atomic E-state index is 0.0688. The highest BCUT2D eigenvalue weighted by atomic mass is 16.4. The molecule has 0 radical (unpaired) electrons. The van der Waals surface area contributed by atoms with Crippen molar-refractivity contribution in [3.8, 4) is 5.75 Å². The minimum atomic E-state index is -1.29. The van der Waals surface area contributed by atoms with Crippen LogP contribution in [0, 0.1) is 0 Å². The lowest BCUT2D eigenvalue weighted by molar-refractivity contribution is -0.138. The van der Waals surface area contributed by atoms with Crippen molar-refractivity contribution in [2.75, 3.05) is 0 Å². The largest absolute Gasteiger partial charge is 0.508 e. The highest BCUT2D eigenvalue weighted by Gasteiger charge is 2.16. The molecule has 0 saturated carbocycles. The molecule has 0 bridgehead atoms. The van der Waals surface area contributed by atoms with Crippen molar-refractivity contribution >= 4 is 18.2 Å².